The molecule has 22 heteroatoms. The molecule has 356 valence electrons. The van der Waals surface area contributed by atoms with E-state index in [-0.39, 0.29) is 48.8 Å². The summed E-state index contributed by atoms with van der Waals surface area (Å²) in [5.74, 6) is -3.05. The second kappa shape index (κ2) is 34.2. The van der Waals surface area contributed by atoms with Crippen molar-refractivity contribution in [2.75, 3.05) is 165 Å². The Morgan fingerprint density at radius 2 is 0.968 bits per heavy atom. The van der Waals surface area contributed by atoms with E-state index in [9.17, 15) is 28.8 Å². The normalized spacial score (nSPS) is 14.9. The average Bonchev–Trinajstić information content (AvgIpc) is 3.52. The van der Waals surface area contributed by atoms with Crippen LogP contribution in [-0.2, 0) is 71.3 Å². The molecule has 1 aromatic carbocycles. The van der Waals surface area contributed by atoms with Crippen molar-refractivity contribution in [2.45, 2.75) is 25.8 Å². The molecule has 0 saturated carbocycles. The minimum atomic E-state index is -1.10. The highest BCUT2D eigenvalue weighted by molar-refractivity contribution is 6.24. The van der Waals surface area contributed by atoms with Crippen LogP contribution in [-0.4, -0.2) is 211 Å². The second-order valence-electron chi connectivity index (χ2n) is 13.5. The first-order valence-electron chi connectivity index (χ1n) is 21.1. The molecular weight excluding hydrogens is 836 g/mol. The summed E-state index contributed by atoms with van der Waals surface area (Å²) in [5, 5.41) is 7.45. The van der Waals surface area contributed by atoms with Gasteiger partial charge in [0.15, 0.2) is 6.61 Å². The molecular formula is C41H64N4O18. The Kier molecular flexibility index (Phi) is 28.9. The van der Waals surface area contributed by atoms with Crippen LogP contribution < -0.4 is 20.7 Å². The highest BCUT2D eigenvalue weighted by Crippen LogP contribution is 2.33. The van der Waals surface area contributed by atoms with Gasteiger partial charge in [0.2, 0.25) is 17.7 Å². The van der Waals surface area contributed by atoms with Gasteiger partial charge in [-0.15, -0.1) is 0 Å². The van der Waals surface area contributed by atoms with Crippen LogP contribution in [0.4, 0.5) is 0 Å². The van der Waals surface area contributed by atoms with E-state index < -0.39 is 42.2 Å². The van der Waals surface area contributed by atoms with Gasteiger partial charge in [0.05, 0.1) is 156 Å². The number of hydrogen-bond acceptors (Lipinski definition) is 18. The third-order valence-corrected chi connectivity index (χ3v) is 8.70. The van der Waals surface area contributed by atoms with E-state index in [0.717, 1.165) is 4.90 Å². The minimum absolute atomic E-state index is 0.00749. The molecule has 2 aliphatic rings. The number of nitrogens with one attached hydrogen (secondary N) is 3. The monoisotopic (exact) mass is 900 g/mol. The molecule has 3 rings (SSSR count). The van der Waals surface area contributed by atoms with Crippen LogP contribution in [0.15, 0.2) is 18.2 Å². The summed E-state index contributed by atoms with van der Waals surface area (Å²) < 4.78 is 65.5. The maximum atomic E-state index is 13.1. The predicted octanol–water partition coefficient (Wildman–Crippen LogP) is -1.10. The third-order valence-electron chi connectivity index (χ3n) is 8.70. The Bertz CT molecular complexity index is 1500. The molecule has 0 spiro atoms. The van der Waals surface area contributed by atoms with Crippen molar-refractivity contribution in [1.29, 1.82) is 0 Å². The fourth-order valence-corrected chi connectivity index (χ4v) is 5.66. The number of hydrogen-bond donors (Lipinski definition) is 3. The fraction of sp³-hybridized carbons (Fsp3) is 0.707. The van der Waals surface area contributed by atoms with Crippen molar-refractivity contribution in [3.8, 4) is 5.75 Å². The molecule has 1 saturated heterocycles. The molecule has 1 unspecified atom stereocenters. The van der Waals surface area contributed by atoms with E-state index in [4.69, 9.17) is 56.8 Å². The van der Waals surface area contributed by atoms with Crippen LogP contribution in [0.5, 0.6) is 5.75 Å². The highest BCUT2D eigenvalue weighted by Gasteiger charge is 2.46. The Balaban J connectivity index is 0.985. The number of nitrogens with zero attached hydrogens (tertiary/aromatic N) is 1. The summed E-state index contributed by atoms with van der Waals surface area (Å²) in [4.78, 5) is 73.8. The molecule has 0 bridgehead atoms. The number of ether oxygens (including phenoxy) is 12. The molecule has 2 heterocycles. The molecule has 1 atom stereocenters. The number of carbonyl (C=O) groups excluding carboxylic acids is 6. The van der Waals surface area contributed by atoms with Crippen LogP contribution in [0, 0.1) is 0 Å². The van der Waals surface area contributed by atoms with Crippen LogP contribution in [0.25, 0.3) is 0 Å². The molecule has 2 aliphatic heterocycles. The summed E-state index contributed by atoms with van der Waals surface area (Å²) in [7, 11) is 0. The summed E-state index contributed by atoms with van der Waals surface area (Å²) in [6.45, 7) is 11.2. The zero-order valence-corrected chi connectivity index (χ0v) is 36.2. The van der Waals surface area contributed by atoms with Crippen LogP contribution in [0.2, 0.25) is 0 Å². The van der Waals surface area contributed by atoms with Gasteiger partial charge in [0.25, 0.3) is 17.7 Å². The first kappa shape index (κ1) is 53.1. The van der Waals surface area contributed by atoms with E-state index in [2.05, 4.69) is 16.0 Å². The highest BCUT2D eigenvalue weighted by atomic mass is 16.6. The Morgan fingerprint density at radius 3 is 1.37 bits per heavy atom. The molecule has 1 fully saturated rings. The van der Waals surface area contributed by atoms with Gasteiger partial charge in [-0.1, -0.05) is 6.07 Å². The van der Waals surface area contributed by atoms with E-state index in [1.807, 2.05) is 0 Å². The van der Waals surface area contributed by atoms with Crippen LogP contribution in [0.1, 0.15) is 40.5 Å². The maximum Gasteiger partial charge on any atom is 0.266 e. The van der Waals surface area contributed by atoms with Crippen molar-refractivity contribution in [3.63, 3.8) is 0 Å². The molecule has 0 aliphatic carbocycles. The van der Waals surface area contributed by atoms with Crippen LogP contribution in [0.3, 0.4) is 0 Å². The third kappa shape index (κ3) is 23.3. The summed E-state index contributed by atoms with van der Waals surface area (Å²) in [5.41, 5.74) is 0.0282. The van der Waals surface area contributed by atoms with Crippen LogP contribution >= 0.6 is 0 Å². The quantitative estimate of drug-likeness (QED) is 0.0522. The Morgan fingerprint density at radius 1 is 0.571 bits per heavy atom. The number of fused-ring (bicyclic) bond motifs is 1. The smallest absolute Gasteiger partial charge is 0.266 e. The number of piperidine rings is 1. The van der Waals surface area contributed by atoms with Crippen molar-refractivity contribution >= 4 is 35.4 Å². The zero-order valence-electron chi connectivity index (χ0n) is 36.2. The summed E-state index contributed by atoms with van der Waals surface area (Å²) >= 11 is 0. The van der Waals surface area contributed by atoms with E-state index in [1.54, 1.807) is 0 Å². The Hall–Kier alpha value is -4.20. The largest absolute Gasteiger partial charge is 0.483 e. The Labute approximate surface area is 367 Å². The van der Waals surface area contributed by atoms with Crippen molar-refractivity contribution in [3.05, 3.63) is 29.3 Å². The van der Waals surface area contributed by atoms with Crippen molar-refractivity contribution in [1.82, 2.24) is 20.9 Å². The average molecular weight is 901 g/mol. The lowest BCUT2D eigenvalue weighted by atomic mass is 10.0. The maximum absolute atomic E-state index is 13.1. The first-order valence-corrected chi connectivity index (χ1v) is 21.1. The van der Waals surface area contributed by atoms with E-state index in [1.165, 1.54) is 25.1 Å². The number of benzene rings is 1. The van der Waals surface area contributed by atoms with Gasteiger partial charge >= 0.3 is 0 Å². The lowest BCUT2D eigenvalue weighted by Gasteiger charge is -2.27. The number of carbonyl (C=O) groups is 6. The zero-order chi connectivity index (χ0) is 45.2. The van der Waals surface area contributed by atoms with E-state index >= 15 is 0 Å². The second-order valence-corrected chi connectivity index (χ2v) is 13.5. The predicted molar refractivity (Wildman–Crippen MR) is 219 cm³/mol. The standard InChI is InChI=1S/C41H64N4O18/c1-32(46)42-7-9-52-11-13-54-15-17-56-19-21-58-23-25-60-27-29-62-30-28-61-26-24-59-22-20-57-18-16-55-14-12-53-10-8-43-37(48)31-63-35-4-2-3-33-38(35)41(51)45(40(33)50)34-5-6-36(47)44-39(34)49/h2-4,34H,5-31H2,1H3,(H,42,46)(H,43,48)(H,44,47,49). The number of rotatable bonds is 40. The SMILES string of the molecule is CC(=O)NCCOCCOCCOCCOCCOCCOCCOCCOCCOCCOCCOCCNC(=O)COc1cccc2c1C(=O)N(C1CCC(=O)NC1=O)C2=O. The van der Waals surface area contributed by atoms with Gasteiger partial charge < -0.3 is 67.5 Å². The van der Waals surface area contributed by atoms with Gasteiger partial charge in [-0.3, -0.25) is 39.0 Å². The molecule has 1 aromatic rings. The molecule has 3 N–H and O–H groups in total. The molecule has 22 nitrogen and oxygen atoms in total. The van der Waals surface area contributed by atoms with Gasteiger partial charge in [-0.25, -0.2) is 0 Å². The summed E-state index contributed by atoms with van der Waals surface area (Å²) in [6, 6.07) is 3.32. The number of imide groups is 2. The topological polar surface area (TPSA) is 253 Å². The molecule has 63 heavy (non-hydrogen) atoms. The molecule has 6 amide bonds. The van der Waals surface area contributed by atoms with Crippen molar-refractivity contribution in [2.24, 2.45) is 0 Å². The summed E-state index contributed by atoms with van der Waals surface area (Å²) in [6.07, 6.45) is 0.0398. The fourth-order valence-electron chi connectivity index (χ4n) is 5.66. The van der Waals surface area contributed by atoms with Gasteiger partial charge in [0.1, 0.15) is 11.8 Å². The number of amides is 6. The molecule has 0 aromatic heterocycles. The molecule has 0 radical (unpaired) electrons. The minimum Gasteiger partial charge on any atom is -0.483 e. The van der Waals surface area contributed by atoms with E-state index in [0.29, 0.717) is 145 Å². The lowest BCUT2D eigenvalue weighted by Crippen LogP contribution is -2.54. The lowest BCUT2D eigenvalue weighted by molar-refractivity contribution is -0.136. The van der Waals surface area contributed by atoms with Gasteiger partial charge in [0, 0.05) is 26.4 Å². The first-order chi connectivity index (χ1) is 30.8. The van der Waals surface area contributed by atoms with Crippen molar-refractivity contribution < 1.29 is 85.6 Å². The van der Waals surface area contributed by atoms with Gasteiger partial charge in [-0.05, 0) is 18.6 Å². The van der Waals surface area contributed by atoms with Gasteiger partial charge in [-0.2, -0.15) is 0 Å².